The number of hydrogen-bond donors (Lipinski definition) is 1. The minimum atomic E-state index is 0.148. The minimum Gasteiger partial charge on any atom is -0.358 e. The summed E-state index contributed by atoms with van der Waals surface area (Å²) in [5.41, 5.74) is 3.87. The van der Waals surface area contributed by atoms with E-state index in [4.69, 9.17) is 0 Å². The highest BCUT2D eigenvalue weighted by Crippen LogP contribution is 2.14. The van der Waals surface area contributed by atoms with Gasteiger partial charge in [-0.05, 0) is 32.4 Å². The third-order valence-corrected chi connectivity index (χ3v) is 2.73. The predicted molar refractivity (Wildman–Crippen MR) is 58.8 cm³/mol. The first kappa shape index (κ1) is 9.00. The number of H-pyrrole nitrogens is 1. The second-order valence-electron chi connectivity index (χ2n) is 3.70. The molecule has 0 atom stereocenters. The second kappa shape index (κ2) is 2.98. The van der Waals surface area contributed by atoms with Gasteiger partial charge in [0.1, 0.15) is 0 Å². The molecule has 0 spiro atoms. The Balaban J connectivity index is 3.07. The summed E-state index contributed by atoms with van der Waals surface area (Å²) in [7, 11) is 0. The SMILES string of the molecule is Cc1[nH]c2cccc(C)c2c(=O)c1C. The Morgan fingerprint density at radius 3 is 2.57 bits per heavy atom. The highest BCUT2D eigenvalue weighted by Gasteiger charge is 2.06. The lowest BCUT2D eigenvalue weighted by Crippen LogP contribution is -2.10. The van der Waals surface area contributed by atoms with Gasteiger partial charge < -0.3 is 4.98 Å². The van der Waals surface area contributed by atoms with Crippen LogP contribution in [-0.2, 0) is 0 Å². The van der Waals surface area contributed by atoms with Crippen LogP contribution in [0.25, 0.3) is 10.9 Å². The van der Waals surface area contributed by atoms with Crippen molar-refractivity contribution in [2.45, 2.75) is 20.8 Å². The lowest BCUT2D eigenvalue weighted by atomic mass is 10.1. The molecule has 0 aliphatic rings. The van der Waals surface area contributed by atoms with Gasteiger partial charge >= 0.3 is 0 Å². The molecule has 2 rings (SSSR count). The Bertz CT molecular complexity index is 552. The lowest BCUT2D eigenvalue weighted by Gasteiger charge is -2.05. The Kier molecular flexibility index (Phi) is 1.92. The van der Waals surface area contributed by atoms with E-state index in [9.17, 15) is 4.79 Å². The first-order valence-electron chi connectivity index (χ1n) is 4.70. The van der Waals surface area contributed by atoms with Gasteiger partial charge in [-0.15, -0.1) is 0 Å². The molecule has 0 saturated heterocycles. The number of hydrogen-bond acceptors (Lipinski definition) is 1. The van der Waals surface area contributed by atoms with Crippen LogP contribution in [0.5, 0.6) is 0 Å². The topological polar surface area (TPSA) is 32.9 Å². The van der Waals surface area contributed by atoms with Crippen molar-refractivity contribution in [3.8, 4) is 0 Å². The van der Waals surface area contributed by atoms with Gasteiger partial charge in [-0.1, -0.05) is 12.1 Å². The number of benzene rings is 1. The summed E-state index contributed by atoms with van der Waals surface area (Å²) >= 11 is 0. The van der Waals surface area contributed by atoms with Crippen molar-refractivity contribution in [2.75, 3.05) is 0 Å². The summed E-state index contributed by atoms with van der Waals surface area (Å²) in [5.74, 6) is 0. The fourth-order valence-electron chi connectivity index (χ4n) is 1.73. The number of aromatic amines is 1. The van der Waals surface area contributed by atoms with Crippen molar-refractivity contribution in [3.05, 3.63) is 45.2 Å². The number of aromatic nitrogens is 1. The quantitative estimate of drug-likeness (QED) is 0.675. The zero-order valence-electron chi connectivity index (χ0n) is 8.64. The fraction of sp³-hybridized carbons (Fsp3) is 0.250. The van der Waals surface area contributed by atoms with Gasteiger partial charge in [0.25, 0.3) is 0 Å². The van der Waals surface area contributed by atoms with Crippen molar-refractivity contribution in [2.24, 2.45) is 0 Å². The molecule has 0 fully saturated rings. The molecule has 2 heteroatoms. The van der Waals surface area contributed by atoms with Crippen LogP contribution in [-0.4, -0.2) is 4.98 Å². The molecule has 1 aromatic heterocycles. The molecule has 0 aliphatic carbocycles. The monoisotopic (exact) mass is 187 g/mol. The molecule has 1 aromatic carbocycles. The van der Waals surface area contributed by atoms with Crippen molar-refractivity contribution < 1.29 is 0 Å². The van der Waals surface area contributed by atoms with E-state index in [0.717, 1.165) is 27.7 Å². The van der Waals surface area contributed by atoms with Crippen LogP contribution in [0.3, 0.4) is 0 Å². The molecule has 14 heavy (non-hydrogen) atoms. The summed E-state index contributed by atoms with van der Waals surface area (Å²) in [6.07, 6.45) is 0. The molecule has 0 amide bonds. The maximum Gasteiger partial charge on any atom is 0.192 e. The molecule has 0 saturated carbocycles. The van der Waals surface area contributed by atoms with E-state index in [0.29, 0.717) is 0 Å². The average Bonchev–Trinajstić information content (AvgIpc) is 2.14. The normalized spacial score (nSPS) is 10.8. The zero-order chi connectivity index (χ0) is 10.3. The Hall–Kier alpha value is -1.57. The summed E-state index contributed by atoms with van der Waals surface area (Å²) in [4.78, 5) is 15.2. The number of pyridine rings is 1. The van der Waals surface area contributed by atoms with Gasteiger partial charge in [0.05, 0.1) is 0 Å². The molecule has 0 unspecified atom stereocenters. The Morgan fingerprint density at radius 1 is 1.14 bits per heavy atom. The number of nitrogens with one attached hydrogen (secondary N) is 1. The zero-order valence-corrected chi connectivity index (χ0v) is 8.64. The number of fused-ring (bicyclic) bond motifs is 1. The van der Waals surface area contributed by atoms with Gasteiger partial charge in [-0.25, -0.2) is 0 Å². The van der Waals surface area contributed by atoms with Crippen LogP contribution >= 0.6 is 0 Å². The van der Waals surface area contributed by atoms with Crippen molar-refractivity contribution in [1.82, 2.24) is 4.98 Å². The summed E-state index contributed by atoms with van der Waals surface area (Å²) in [6, 6.07) is 5.87. The van der Waals surface area contributed by atoms with Crippen LogP contribution in [0.2, 0.25) is 0 Å². The lowest BCUT2D eigenvalue weighted by molar-refractivity contribution is 1.17. The van der Waals surface area contributed by atoms with Gasteiger partial charge in [-0.2, -0.15) is 0 Å². The van der Waals surface area contributed by atoms with Crippen molar-refractivity contribution in [3.63, 3.8) is 0 Å². The van der Waals surface area contributed by atoms with E-state index < -0.39 is 0 Å². The maximum atomic E-state index is 11.9. The van der Waals surface area contributed by atoms with Crippen molar-refractivity contribution >= 4 is 10.9 Å². The minimum absolute atomic E-state index is 0.148. The van der Waals surface area contributed by atoms with Crippen molar-refractivity contribution in [1.29, 1.82) is 0 Å². The summed E-state index contributed by atoms with van der Waals surface area (Å²) in [6.45, 7) is 5.75. The Morgan fingerprint density at radius 2 is 1.86 bits per heavy atom. The van der Waals surface area contributed by atoms with Crippen LogP contribution in [0, 0.1) is 20.8 Å². The molecule has 0 aliphatic heterocycles. The third-order valence-electron chi connectivity index (χ3n) is 2.73. The molecule has 2 nitrogen and oxygen atoms in total. The molecule has 72 valence electrons. The third kappa shape index (κ3) is 1.15. The molecular weight excluding hydrogens is 174 g/mol. The average molecular weight is 187 g/mol. The van der Waals surface area contributed by atoms with Crippen LogP contribution < -0.4 is 5.43 Å². The molecule has 1 heterocycles. The van der Waals surface area contributed by atoms with E-state index >= 15 is 0 Å². The maximum absolute atomic E-state index is 11.9. The highest BCUT2D eigenvalue weighted by molar-refractivity contribution is 5.82. The van der Waals surface area contributed by atoms with Gasteiger partial charge in [0.15, 0.2) is 5.43 Å². The molecule has 0 bridgehead atoms. The first-order valence-corrected chi connectivity index (χ1v) is 4.70. The predicted octanol–water partition coefficient (Wildman–Crippen LogP) is 2.45. The highest BCUT2D eigenvalue weighted by atomic mass is 16.1. The molecule has 0 radical (unpaired) electrons. The van der Waals surface area contributed by atoms with Gasteiger partial charge in [-0.3, -0.25) is 4.79 Å². The van der Waals surface area contributed by atoms with Crippen LogP contribution in [0.15, 0.2) is 23.0 Å². The fourth-order valence-corrected chi connectivity index (χ4v) is 1.73. The smallest absolute Gasteiger partial charge is 0.192 e. The molecule has 2 aromatic rings. The number of rotatable bonds is 0. The summed E-state index contributed by atoms with van der Waals surface area (Å²) < 4.78 is 0. The van der Waals surface area contributed by atoms with E-state index in [1.807, 2.05) is 39.0 Å². The van der Waals surface area contributed by atoms with E-state index in [-0.39, 0.29) is 5.43 Å². The number of aryl methyl sites for hydroxylation is 2. The van der Waals surface area contributed by atoms with E-state index in [1.54, 1.807) is 0 Å². The summed E-state index contributed by atoms with van der Waals surface area (Å²) in [5, 5.41) is 0.815. The molecular formula is C12H13NO. The van der Waals surface area contributed by atoms with E-state index in [2.05, 4.69) is 4.98 Å². The van der Waals surface area contributed by atoms with Crippen LogP contribution in [0.4, 0.5) is 0 Å². The second-order valence-corrected chi connectivity index (χ2v) is 3.70. The first-order chi connectivity index (χ1) is 6.61. The Labute approximate surface area is 82.6 Å². The standard InChI is InChI=1S/C12H13NO/c1-7-5-4-6-10-11(7)12(14)8(2)9(3)13-10/h4-6H,1-3H3,(H,13,14). The van der Waals surface area contributed by atoms with Gasteiger partial charge in [0, 0.05) is 22.2 Å². The molecule has 1 N–H and O–H groups in total. The largest absolute Gasteiger partial charge is 0.358 e. The van der Waals surface area contributed by atoms with Crippen LogP contribution in [0.1, 0.15) is 16.8 Å². The van der Waals surface area contributed by atoms with Gasteiger partial charge in [0.2, 0.25) is 0 Å². The van der Waals surface area contributed by atoms with E-state index in [1.165, 1.54) is 0 Å².